The molecule has 0 amide bonds. The smallest absolute Gasteiger partial charge is 0.318 e. The van der Waals surface area contributed by atoms with E-state index >= 15 is 0 Å². The first-order valence-electron chi connectivity index (χ1n) is 11.8. The van der Waals surface area contributed by atoms with Crippen LogP contribution in [0.15, 0.2) is 41.2 Å². The molecule has 5 rings (SSSR count). The third-order valence-electron chi connectivity index (χ3n) is 5.75. The molecule has 1 fully saturated rings. The molecule has 1 N–H and O–H groups in total. The summed E-state index contributed by atoms with van der Waals surface area (Å²) in [5.74, 6) is -0.946. The minimum Gasteiger partial charge on any atom is -0.442 e. The van der Waals surface area contributed by atoms with E-state index in [0.717, 1.165) is 11.8 Å². The summed E-state index contributed by atoms with van der Waals surface area (Å²) in [6.45, 7) is 6.75. The molecule has 0 bridgehead atoms. The van der Waals surface area contributed by atoms with E-state index in [-0.39, 0.29) is 37.0 Å². The number of hydrogen-bond donors (Lipinski definition) is 1. The van der Waals surface area contributed by atoms with Gasteiger partial charge in [-0.05, 0) is 38.5 Å². The van der Waals surface area contributed by atoms with E-state index in [1.807, 2.05) is 4.90 Å². The summed E-state index contributed by atoms with van der Waals surface area (Å²) in [6, 6.07) is 3.64. The van der Waals surface area contributed by atoms with Gasteiger partial charge in [0.15, 0.2) is 6.73 Å². The van der Waals surface area contributed by atoms with Crippen LogP contribution < -0.4 is 10.2 Å². The Morgan fingerprint density at radius 1 is 1.11 bits per heavy atom. The number of anilines is 2. The van der Waals surface area contributed by atoms with E-state index in [1.165, 1.54) is 29.2 Å². The van der Waals surface area contributed by atoms with Crippen LogP contribution in [0.3, 0.4) is 0 Å². The first kappa shape index (κ1) is 25.2. The summed E-state index contributed by atoms with van der Waals surface area (Å²) in [4.78, 5) is 22.2. The van der Waals surface area contributed by atoms with Gasteiger partial charge in [-0.25, -0.2) is 23.4 Å². The van der Waals surface area contributed by atoms with Crippen LogP contribution in [0, 0.1) is 17.0 Å². The molecule has 3 aromatic heterocycles. The van der Waals surface area contributed by atoms with Gasteiger partial charge in [-0.2, -0.15) is 0 Å². The van der Waals surface area contributed by atoms with Gasteiger partial charge in [-0.15, -0.1) is 10.2 Å². The van der Waals surface area contributed by atoms with Crippen LogP contribution in [0.4, 0.5) is 20.7 Å². The Hall–Kier alpha value is -4.49. The molecule has 1 aliphatic heterocycles. The molecule has 4 aromatic rings. The van der Waals surface area contributed by atoms with Gasteiger partial charge >= 0.3 is 12.0 Å². The Morgan fingerprint density at radius 3 is 2.50 bits per heavy atom. The number of ether oxygens (including phenoxy) is 1. The van der Waals surface area contributed by atoms with Crippen LogP contribution in [0.25, 0.3) is 11.5 Å². The Bertz CT molecular complexity index is 1410. The maximum atomic E-state index is 13.3. The third kappa shape index (κ3) is 5.74. The SMILES string of the molecule is CC(C)(C)C(=O)OCn1cc(C2CN(c3nnc(-c4cnc(NCc5cc(F)cc(F)c5)nc4)o3)C2)nn1. The average Bonchev–Trinajstić information content (AvgIpc) is 3.50. The molecule has 38 heavy (non-hydrogen) atoms. The number of hydrogen-bond acceptors (Lipinski definition) is 11. The number of rotatable bonds is 8. The molecule has 0 atom stereocenters. The number of benzene rings is 1. The van der Waals surface area contributed by atoms with Crippen molar-refractivity contribution in [1.29, 1.82) is 0 Å². The first-order valence-corrected chi connectivity index (χ1v) is 11.8. The lowest BCUT2D eigenvalue weighted by atomic mass is 9.97. The normalized spacial score (nSPS) is 13.9. The highest BCUT2D eigenvalue weighted by atomic mass is 19.1. The molecular formula is C24H25F2N9O3. The highest BCUT2D eigenvalue weighted by Gasteiger charge is 2.34. The zero-order valence-corrected chi connectivity index (χ0v) is 20.9. The summed E-state index contributed by atoms with van der Waals surface area (Å²) in [5, 5.41) is 19.3. The van der Waals surface area contributed by atoms with E-state index in [2.05, 4.69) is 35.8 Å². The number of carbonyl (C=O) groups excluding carboxylic acids is 1. The van der Waals surface area contributed by atoms with Gasteiger partial charge in [-0.1, -0.05) is 10.3 Å². The summed E-state index contributed by atoms with van der Waals surface area (Å²) in [6.07, 6.45) is 4.79. The van der Waals surface area contributed by atoms with Crippen molar-refractivity contribution < 1.29 is 22.7 Å². The van der Waals surface area contributed by atoms with Crippen molar-refractivity contribution in [2.75, 3.05) is 23.3 Å². The van der Waals surface area contributed by atoms with Crippen LogP contribution >= 0.6 is 0 Å². The zero-order chi connectivity index (χ0) is 26.9. The molecule has 1 saturated heterocycles. The number of nitrogens with zero attached hydrogens (tertiary/aromatic N) is 8. The second kappa shape index (κ2) is 10.1. The summed E-state index contributed by atoms with van der Waals surface area (Å²) < 4.78 is 39.2. The predicted molar refractivity (Wildman–Crippen MR) is 130 cm³/mol. The molecule has 14 heteroatoms. The lowest BCUT2D eigenvalue weighted by Crippen LogP contribution is -2.45. The number of carbonyl (C=O) groups is 1. The van der Waals surface area contributed by atoms with Gasteiger partial charge in [0.2, 0.25) is 5.95 Å². The monoisotopic (exact) mass is 525 g/mol. The van der Waals surface area contributed by atoms with Crippen LogP contribution in [-0.2, 0) is 22.8 Å². The molecule has 0 saturated carbocycles. The fourth-order valence-electron chi connectivity index (χ4n) is 3.61. The summed E-state index contributed by atoms with van der Waals surface area (Å²) in [7, 11) is 0. The van der Waals surface area contributed by atoms with Gasteiger partial charge < -0.3 is 19.4 Å². The predicted octanol–water partition coefficient (Wildman–Crippen LogP) is 3.16. The van der Waals surface area contributed by atoms with Crippen molar-refractivity contribution in [2.24, 2.45) is 5.41 Å². The van der Waals surface area contributed by atoms with Crippen molar-refractivity contribution in [2.45, 2.75) is 40.0 Å². The van der Waals surface area contributed by atoms with Gasteiger partial charge in [-0.3, -0.25) is 4.79 Å². The van der Waals surface area contributed by atoms with Crippen molar-refractivity contribution in [3.8, 4) is 11.5 Å². The molecule has 1 aromatic carbocycles. The second-order valence-electron chi connectivity index (χ2n) is 9.91. The fraction of sp³-hybridized carbons (Fsp3) is 0.375. The molecule has 0 aliphatic carbocycles. The van der Waals surface area contributed by atoms with Crippen molar-refractivity contribution >= 4 is 17.9 Å². The Labute approximate surface area is 216 Å². The second-order valence-corrected chi connectivity index (χ2v) is 9.91. The van der Waals surface area contributed by atoms with Crippen molar-refractivity contribution in [1.82, 2.24) is 35.2 Å². The number of esters is 1. The number of nitrogens with one attached hydrogen (secondary N) is 1. The number of aromatic nitrogens is 7. The van der Waals surface area contributed by atoms with Gasteiger partial charge in [0.05, 0.1) is 22.9 Å². The Kier molecular flexibility index (Phi) is 6.70. The molecule has 198 valence electrons. The van der Waals surface area contributed by atoms with Crippen molar-refractivity contribution in [3.63, 3.8) is 0 Å². The molecule has 0 radical (unpaired) electrons. The molecule has 1 aliphatic rings. The standard InChI is InChI=1S/C24H25F2N9O3/c1-24(2,3)21(36)37-13-35-12-19(30-33-35)16-10-34(11-16)23-32-31-20(38-23)15-8-28-22(29-9-15)27-7-14-4-17(25)6-18(26)5-14/h4-6,8-9,12,16H,7,10-11,13H2,1-3H3,(H,27,28,29). The molecular weight excluding hydrogens is 500 g/mol. The fourth-order valence-corrected chi connectivity index (χ4v) is 3.61. The van der Waals surface area contributed by atoms with Gasteiger partial charge in [0.1, 0.15) is 11.6 Å². The molecule has 4 heterocycles. The van der Waals surface area contributed by atoms with E-state index in [9.17, 15) is 13.6 Å². The van der Waals surface area contributed by atoms with Crippen molar-refractivity contribution in [3.05, 3.63) is 59.7 Å². The Balaban J connectivity index is 1.12. The average molecular weight is 526 g/mol. The highest BCUT2D eigenvalue weighted by Crippen LogP contribution is 2.31. The molecule has 12 nitrogen and oxygen atoms in total. The maximum Gasteiger partial charge on any atom is 0.318 e. The largest absolute Gasteiger partial charge is 0.442 e. The highest BCUT2D eigenvalue weighted by molar-refractivity contribution is 5.75. The zero-order valence-electron chi connectivity index (χ0n) is 20.9. The summed E-state index contributed by atoms with van der Waals surface area (Å²) >= 11 is 0. The Morgan fingerprint density at radius 2 is 1.82 bits per heavy atom. The minimum absolute atomic E-state index is 0.00624. The summed E-state index contributed by atoms with van der Waals surface area (Å²) in [5.41, 5.74) is 1.15. The maximum absolute atomic E-state index is 13.3. The van der Waals surface area contributed by atoms with E-state index in [1.54, 1.807) is 27.0 Å². The lowest BCUT2D eigenvalue weighted by molar-refractivity contribution is -0.157. The minimum atomic E-state index is -0.649. The van der Waals surface area contributed by atoms with Gasteiger partial charge in [0, 0.05) is 44.0 Å². The third-order valence-corrected chi connectivity index (χ3v) is 5.75. The van der Waals surface area contributed by atoms with Gasteiger partial charge in [0.25, 0.3) is 5.89 Å². The quantitative estimate of drug-likeness (QED) is 0.340. The van der Waals surface area contributed by atoms with Crippen LogP contribution in [-0.4, -0.2) is 54.2 Å². The number of halogens is 2. The van der Waals surface area contributed by atoms with E-state index < -0.39 is 17.0 Å². The van der Waals surface area contributed by atoms with Crippen LogP contribution in [0.5, 0.6) is 0 Å². The van der Waals surface area contributed by atoms with E-state index in [4.69, 9.17) is 9.15 Å². The molecule has 0 spiro atoms. The van der Waals surface area contributed by atoms with Crippen LogP contribution in [0.2, 0.25) is 0 Å². The molecule has 0 unspecified atom stereocenters. The topological polar surface area (TPSA) is 137 Å². The van der Waals surface area contributed by atoms with E-state index in [0.29, 0.717) is 30.2 Å². The van der Waals surface area contributed by atoms with Crippen LogP contribution in [0.1, 0.15) is 37.9 Å². The lowest BCUT2D eigenvalue weighted by Gasteiger charge is -2.36. The first-order chi connectivity index (χ1) is 18.1.